The molecule has 2 unspecified atom stereocenters. The fraction of sp³-hybridized carbons (Fsp3) is 0.593. The number of morpholine rings is 1. The molecule has 9 nitrogen and oxygen atoms in total. The second-order valence-corrected chi connectivity index (χ2v) is 11.2. The zero-order valence-corrected chi connectivity index (χ0v) is 22.8. The van der Waals surface area contributed by atoms with Gasteiger partial charge in [-0.25, -0.2) is 9.59 Å². The van der Waals surface area contributed by atoms with Crippen molar-refractivity contribution >= 4 is 12.1 Å². The van der Waals surface area contributed by atoms with Crippen molar-refractivity contribution in [3.8, 4) is 0 Å². The predicted octanol–water partition coefficient (Wildman–Crippen LogP) is 4.82. The summed E-state index contributed by atoms with van der Waals surface area (Å²) >= 11 is 0. The van der Waals surface area contributed by atoms with E-state index in [2.05, 4.69) is 10.2 Å². The van der Waals surface area contributed by atoms with Gasteiger partial charge in [-0.1, -0.05) is 12.1 Å². The second kappa shape index (κ2) is 11.4. The van der Waals surface area contributed by atoms with Crippen LogP contribution in [0.2, 0.25) is 0 Å². The van der Waals surface area contributed by atoms with E-state index in [0.29, 0.717) is 51.5 Å². The van der Waals surface area contributed by atoms with Crippen LogP contribution in [0, 0.1) is 0 Å². The normalized spacial score (nSPS) is 20.6. The quantitative estimate of drug-likeness (QED) is 0.589. The Morgan fingerprint density at radius 1 is 1.08 bits per heavy atom. The van der Waals surface area contributed by atoms with E-state index in [4.69, 9.17) is 9.47 Å². The molecule has 3 amide bonds. The van der Waals surface area contributed by atoms with E-state index in [0.717, 1.165) is 23.4 Å². The van der Waals surface area contributed by atoms with Gasteiger partial charge < -0.3 is 24.2 Å². The minimum Gasteiger partial charge on any atom is -0.444 e. The monoisotopic (exact) mass is 551 g/mol. The van der Waals surface area contributed by atoms with Gasteiger partial charge in [0.05, 0.1) is 36.7 Å². The zero-order valence-electron chi connectivity index (χ0n) is 22.8. The molecule has 2 aliphatic rings. The maximum atomic E-state index is 13.4. The standard InChI is InChI=1S/C27H36F3N5O4/c1-26(2,3)39-25(37)33(4)17-22-14-23(32-31-22)20-13-19(18-5-7-21(8-6-18)27(28,29)30)15-35(16-20)24(36)34-9-11-38-12-10-34/h5-8,14,19-20H,9-13,15-17H2,1-4H3,(H,31,32). The number of amides is 3. The van der Waals surface area contributed by atoms with Crippen LogP contribution in [0.4, 0.5) is 22.8 Å². The Morgan fingerprint density at radius 2 is 1.72 bits per heavy atom. The fourth-order valence-electron chi connectivity index (χ4n) is 4.94. The lowest BCUT2D eigenvalue weighted by Gasteiger charge is -2.40. The van der Waals surface area contributed by atoms with Crippen LogP contribution < -0.4 is 0 Å². The zero-order chi connectivity index (χ0) is 28.4. The third kappa shape index (κ3) is 7.43. The third-order valence-electron chi connectivity index (χ3n) is 6.89. The first-order valence-electron chi connectivity index (χ1n) is 13.1. The molecule has 2 atom stereocenters. The number of hydrogen-bond donors (Lipinski definition) is 1. The average molecular weight is 552 g/mol. The minimum atomic E-state index is -4.41. The smallest absolute Gasteiger partial charge is 0.416 e. The lowest BCUT2D eigenvalue weighted by Crippen LogP contribution is -2.52. The van der Waals surface area contributed by atoms with Crippen molar-refractivity contribution in [3.05, 3.63) is 52.8 Å². The van der Waals surface area contributed by atoms with Crippen molar-refractivity contribution in [1.82, 2.24) is 24.9 Å². The van der Waals surface area contributed by atoms with Gasteiger partial charge in [0, 0.05) is 45.1 Å². The van der Waals surface area contributed by atoms with Crippen molar-refractivity contribution in [2.75, 3.05) is 46.4 Å². The van der Waals surface area contributed by atoms with Gasteiger partial charge in [0.15, 0.2) is 0 Å². The first-order chi connectivity index (χ1) is 18.3. The summed E-state index contributed by atoms with van der Waals surface area (Å²) in [6.45, 7) is 8.42. The Hall–Kier alpha value is -3.28. The van der Waals surface area contributed by atoms with Crippen molar-refractivity contribution < 1.29 is 32.2 Å². The van der Waals surface area contributed by atoms with Crippen LogP contribution in [0.15, 0.2) is 30.3 Å². The number of carbonyl (C=O) groups is 2. The van der Waals surface area contributed by atoms with Crippen LogP contribution in [0.1, 0.15) is 61.5 Å². The molecule has 4 rings (SSSR count). The highest BCUT2D eigenvalue weighted by Gasteiger charge is 2.36. The molecule has 0 bridgehead atoms. The highest BCUT2D eigenvalue weighted by atomic mass is 19.4. The number of alkyl halides is 3. The van der Waals surface area contributed by atoms with Gasteiger partial charge in [-0.2, -0.15) is 18.3 Å². The molecule has 1 aromatic carbocycles. The van der Waals surface area contributed by atoms with Crippen molar-refractivity contribution in [3.63, 3.8) is 0 Å². The summed E-state index contributed by atoms with van der Waals surface area (Å²) < 4.78 is 50.2. The predicted molar refractivity (Wildman–Crippen MR) is 137 cm³/mol. The van der Waals surface area contributed by atoms with Crippen molar-refractivity contribution in [1.29, 1.82) is 0 Å². The topological polar surface area (TPSA) is 91.0 Å². The molecule has 1 aromatic heterocycles. The number of H-pyrrole nitrogens is 1. The lowest BCUT2D eigenvalue weighted by molar-refractivity contribution is -0.137. The highest BCUT2D eigenvalue weighted by molar-refractivity contribution is 5.75. The number of ether oxygens (including phenoxy) is 2. The summed E-state index contributed by atoms with van der Waals surface area (Å²) in [5, 5.41) is 7.47. The summed E-state index contributed by atoms with van der Waals surface area (Å²) in [7, 11) is 1.64. The van der Waals surface area contributed by atoms with Crippen LogP contribution in [0.3, 0.4) is 0 Å². The van der Waals surface area contributed by atoms with E-state index >= 15 is 0 Å². The number of nitrogens with one attached hydrogen (secondary N) is 1. The Morgan fingerprint density at radius 3 is 2.33 bits per heavy atom. The molecule has 3 heterocycles. The Balaban J connectivity index is 1.53. The van der Waals surface area contributed by atoms with Gasteiger partial charge in [-0.3, -0.25) is 5.10 Å². The number of likely N-dealkylation sites (tertiary alicyclic amines) is 1. The number of halogens is 3. The highest BCUT2D eigenvalue weighted by Crippen LogP contribution is 2.37. The van der Waals surface area contributed by atoms with E-state index in [1.54, 1.807) is 37.6 Å². The minimum absolute atomic E-state index is 0.111. The molecule has 2 fully saturated rings. The first kappa shape index (κ1) is 28.7. The molecule has 0 aliphatic carbocycles. The number of benzene rings is 1. The van der Waals surface area contributed by atoms with Crippen molar-refractivity contribution in [2.45, 2.75) is 57.3 Å². The van der Waals surface area contributed by atoms with E-state index in [1.165, 1.54) is 17.0 Å². The molecule has 2 saturated heterocycles. The molecular formula is C27H36F3N5O4. The van der Waals surface area contributed by atoms with Crippen LogP contribution in [0.25, 0.3) is 0 Å². The Bertz CT molecular complexity index is 1140. The molecule has 2 aliphatic heterocycles. The van der Waals surface area contributed by atoms with Crippen LogP contribution in [-0.2, 0) is 22.2 Å². The van der Waals surface area contributed by atoms with Gasteiger partial charge in [-0.15, -0.1) is 0 Å². The fourth-order valence-corrected chi connectivity index (χ4v) is 4.94. The summed E-state index contributed by atoms with van der Waals surface area (Å²) in [4.78, 5) is 30.7. The van der Waals surface area contributed by atoms with E-state index in [-0.39, 0.29) is 24.4 Å². The maximum absolute atomic E-state index is 13.4. The van der Waals surface area contributed by atoms with Crippen LogP contribution in [-0.4, -0.2) is 89.1 Å². The number of hydrogen-bond acceptors (Lipinski definition) is 5. The summed E-state index contributed by atoms with van der Waals surface area (Å²) in [6, 6.07) is 6.94. The number of piperidine rings is 1. The van der Waals surface area contributed by atoms with Crippen LogP contribution >= 0.6 is 0 Å². The summed E-state index contributed by atoms with van der Waals surface area (Å²) in [5.74, 6) is -0.312. The van der Waals surface area contributed by atoms with Crippen LogP contribution in [0.5, 0.6) is 0 Å². The molecule has 214 valence electrons. The number of rotatable bonds is 4. The van der Waals surface area contributed by atoms with E-state index < -0.39 is 23.4 Å². The van der Waals surface area contributed by atoms with E-state index in [1.807, 2.05) is 6.07 Å². The van der Waals surface area contributed by atoms with Gasteiger partial charge in [0.2, 0.25) is 0 Å². The lowest BCUT2D eigenvalue weighted by atomic mass is 9.83. The van der Waals surface area contributed by atoms with Gasteiger partial charge in [0.25, 0.3) is 0 Å². The molecule has 0 radical (unpaired) electrons. The largest absolute Gasteiger partial charge is 0.444 e. The second-order valence-electron chi connectivity index (χ2n) is 11.2. The van der Waals surface area contributed by atoms with Crippen molar-refractivity contribution in [2.24, 2.45) is 0 Å². The summed E-state index contributed by atoms with van der Waals surface area (Å²) in [5.41, 5.74) is 0.870. The molecule has 39 heavy (non-hydrogen) atoms. The van der Waals surface area contributed by atoms with Gasteiger partial charge in [-0.05, 0) is 51.0 Å². The third-order valence-corrected chi connectivity index (χ3v) is 6.89. The number of urea groups is 1. The number of nitrogens with zero attached hydrogens (tertiary/aromatic N) is 4. The number of aromatic nitrogens is 2. The molecule has 0 saturated carbocycles. The number of aromatic amines is 1. The molecule has 2 aromatic rings. The molecular weight excluding hydrogens is 515 g/mol. The van der Waals surface area contributed by atoms with E-state index in [9.17, 15) is 22.8 Å². The van der Waals surface area contributed by atoms with Gasteiger partial charge in [0.1, 0.15) is 5.60 Å². The number of carbonyl (C=O) groups excluding carboxylic acids is 2. The Kier molecular flexibility index (Phi) is 8.43. The molecule has 12 heteroatoms. The maximum Gasteiger partial charge on any atom is 0.416 e. The first-order valence-corrected chi connectivity index (χ1v) is 13.1. The SMILES string of the molecule is CN(Cc1cc(C2CC(c3ccc(C(F)(F)F)cc3)CN(C(=O)N3CCOCC3)C2)n[nH]1)C(=O)OC(C)(C)C. The molecule has 0 spiro atoms. The summed E-state index contributed by atoms with van der Waals surface area (Å²) in [6.07, 6.45) is -4.25. The van der Waals surface area contributed by atoms with Gasteiger partial charge >= 0.3 is 18.3 Å². The average Bonchev–Trinajstić information content (AvgIpc) is 3.35. The molecule has 1 N–H and O–H groups in total. The Labute approximate surface area is 226 Å².